The number of ether oxygens (including phenoxy) is 1. The minimum atomic E-state index is -0.961. The van der Waals surface area contributed by atoms with Gasteiger partial charge in [0, 0.05) is 67.6 Å². The quantitative estimate of drug-likeness (QED) is 0.0423. The van der Waals surface area contributed by atoms with Gasteiger partial charge in [-0.3, -0.25) is 19.2 Å². The fourth-order valence-electron chi connectivity index (χ4n) is 8.55. The summed E-state index contributed by atoms with van der Waals surface area (Å²) in [4.78, 5) is 64.0. The first-order chi connectivity index (χ1) is 31.5. The van der Waals surface area contributed by atoms with E-state index in [-0.39, 0.29) is 35.7 Å². The summed E-state index contributed by atoms with van der Waals surface area (Å²) in [5.74, 6) is -1.14. The lowest BCUT2D eigenvalue weighted by Crippen LogP contribution is -2.27. The van der Waals surface area contributed by atoms with E-state index < -0.39 is 5.97 Å². The molecule has 0 spiro atoms. The van der Waals surface area contributed by atoms with Gasteiger partial charge in [0.15, 0.2) is 5.78 Å². The number of carbonyl (C=O) groups excluding carboxylic acids is 4. The van der Waals surface area contributed by atoms with Crippen molar-refractivity contribution in [1.82, 2.24) is 10.6 Å². The summed E-state index contributed by atoms with van der Waals surface area (Å²) < 4.78 is 4.63. The summed E-state index contributed by atoms with van der Waals surface area (Å²) in [7, 11) is 1.40. The van der Waals surface area contributed by atoms with Crippen LogP contribution in [0.25, 0.3) is 12.2 Å². The van der Waals surface area contributed by atoms with Crippen molar-refractivity contribution in [2.24, 2.45) is 0 Å². The Morgan fingerprint density at radius 2 is 1.03 bits per heavy atom. The molecular formula is C54H66N4O7. The standard InChI is InChI=1S/C31H40N2O4.C23H26N2O3/c1-4-33(5-2)26-17-14-24(15-18-26)31(36)32-29-21-16-25-22-23(13-20-28(25)29)12-19-27(34)10-8-6-7-9-11-30(35)37-3;1-3-25(4-2)19-10-7-17(8-11-19)23(28)24-21-13-9-18-15-16(5-12-20(18)21)6-14-22(26)27/h12-15,17-20,22,29H,4-11,16,21H2,1-3H3,(H,32,36);5-8,10-12,14-15,21H,3-4,9,13H2,1-2H3,(H,24,28)(H,26,27)/b19-12+;14-6+. The molecule has 11 nitrogen and oxygen atoms in total. The molecule has 3 N–H and O–H groups in total. The van der Waals surface area contributed by atoms with Crippen LogP contribution in [0.4, 0.5) is 11.4 Å². The van der Waals surface area contributed by atoms with Crippen LogP contribution in [-0.2, 0) is 32.0 Å². The van der Waals surface area contributed by atoms with Crippen molar-refractivity contribution < 1.29 is 33.8 Å². The Hall–Kier alpha value is -6.49. The van der Waals surface area contributed by atoms with Crippen molar-refractivity contribution >= 4 is 53.1 Å². The number of rotatable bonds is 21. The fourth-order valence-corrected chi connectivity index (χ4v) is 8.55. The second-order valence-electron chi connectivity index (χ2n) is 16.4. The number of esters is 1. The van der Waals surface area contributed by atoms with Crippen LogP contribution in [0.1, 0.15) is 145 Å². The third-order valence-corrected chi connectivity index (χ3v) is 12.3. The molecular weight excluding hydrogens is 817 g/mol. The average molecular weight is 883 g/mol. The number of methoxy groups -OCH3 is 1. The predicted octanol–water partition coefficient (Wildman–Crippen LogP) is 10.1. The summed E-state index contributed by atoms with van der Waals surface area (Å²) >= 11 is 0. The van der Waals surface area contributed by atoms with Crippen LogP contribution >= 0.6 is 0 Å². The van der Waals surface area contributed by atoms with Gasteiger partial charge >= 0.3 is 11.9 Å². The number of ketones is 1. The number of aryl methyl sites for hydroxylation is 2. The van der Waals surface area contributed by atoms with Crippen LogP contribution in [-0.4, -0.2) is 67.9 Å². The van der Waals surface area contributed by atoms with Crippen molar-refractivity contribution in [1.29, 1.82) is 0 Å². The van der Waals surface area contributed by atoms with Gasteiger partial charge in [-0.15, -0.1) is 0 Å². The maximum absolute atomic E-state index is 12.9. The van der Waals surface area contributed by atoms with Crippen molar-refractivity contribution in [3.8, 4) is 0 Å². The average Bonchev–Trinajstić information content (AvgIpc) is 3.92. The van der Waals surface area contributed by atoms with Gasteiger partial charge < -0.3 is 30.3 Å². The van der Waals surface area contributed by atoms with E-state index in [1.807, 2.05) is 78.9 Å². The van der Waals surface area contributed by atoms with Crippen LogP contribution in [0.15, 0.2) is 97.1 Å². The van der Waals surface area contributed by atoms with Crippen molar-refractivity contribution in [3.63, 3.8) is 0 Å². The van der Waals surface area contributed by atoms with Crippen LogP contribution in [0.5, 0.6) is 0 Å². The Labute approximate surface area is 385 Å². The number of carbonyl (C=O) groups is 5. The number of amides is 2. The SMILES string of the molecule is CCN(CC)c1ccc(C(=O)NC2CCc3cc(/C=C/C(=O)CCCCCCC(=O)OC)ccc32)cc1.CCN(CC)c1ccc(C(=O)NC2CCc3cc(/C=C/C(=O)O)ccc32)cc1. The van der Waals surface area contributed by atoms with Crippen LogP contribution < -0.4 is 20.4 Å². The van der Waals surface area contributed by atoms with Gasteiger partial charge in [0.05, 0.1) is 19.2 Å². The second kappa shape index (κ2) is 25.1. The molecule has 0 aliphatic heterocycles. The highest BCUT2D eigenvalue weighted by Gasteiger charge is 2.26. The van der Waals surface area contributed by atoms with Crippen molar-refractivity contribution in [2.75, 3.05) is 43.1 Å². The number of benzene rings is 4. The third kappa shape index (κ3) is 14.5. The first kappa shape index (κ1) is 49.5. The van der Waals surface area contributed by atoms with Gasteiger partial charge in [-0.2, -0.15) is 0 Å². The lowest BCUT2D eigenvalue weighted by molar-refractivity contribution is -0.140. The van der Waals surface area contributed by atoms with E-state index >= 15 is 0 Å². The molecule has 4 aromatic carbocycles. The highest BCUT2D eigenvalue weighted by molar-refractivity contribution is 5.96. The molecule has 2 unspecified atom stereocenters. The van der Waals surface area contributed by atoms with Gasteiger partial charge in [-0.25, -0.2) is 4.79 Å². The largest absolute Gasteiger partial charge is 0.478 e. The van der Waals surface area contributed by atoms with Crippen molar-refractivity contribution in [3.05, 3.63) is 142 Å². The third-order valence-electron chi connectivity index (χ3n) is 12.3. The number of aliphatic carboxylic acids is 1. The fraction of sp³-hybridized carbons (Fsp3) is 0.389. The topological polar surface area (TPSA) is 145 Å². The highest BCUT2D eigenvalue weighted by atomic mass is 16.5. The molecule has 6 rings (SSSR count). The first-order valence-corrected chi connectivity index (χ1v) is 23.2. The van der Waals surface area contributed by atoms with E-state index in [1.165, 1.54) is 12.7 Å². The molecule has 2 aliphatic carbocycles. The number of anilines is 2. The number of hydrogen-bond donors (Lipinski definition) is 3. The number of allylic oxidation sites excluding steroid dienone is 1. The normalized spacial score (nSPS) is 14.8. The molecule has 2 aliphatic rings. The molecule has 0 radical (unpaired) electrons. The molecule has 0 bridgehead atoms. The smallest absolute Gasteiger partial charge is 0.328 e. The van der Waals surface area contributed by atoms with Crippen LogP contribution in [0.2, 0.25) is 0 Å². The monoisotopic (exact) mass is 882 g/mol. The lowest BCUT2D eigenvalue weighted by atomic mass is 10.0. The van der Waals surface area contributed by atoms with Gasteiger partial charge in [0.1, 0.15) is 0 Å². The number of nitrogens with one attached hydrogen (secondary N) is 2. The molecule has 4 aromatic rings. The summed E-state index contributed by atoms with van der Waals surface area (Å²) in [6, 6.07) is 27.6. The zero-order valence-electron chi connectivity index (χ0n) is 38.7. The molecule has 11 heteroatoms. The number of carboxylic acids is 1. The number of carboxylic acid groups (broad SMARTS) is 1. The Morgan fingerprint density at radius 1 is 0.600 bits per heavy atom. The summed E-state index contributed by atoms with van der Waals surface area (Å²) in [6.45, 7) is 12.2. The maximum Gasteiger partial charge on any atom is 0.328 e. The van der Waals surface area contributed by atoms with E-state index in [2.05, 4.69) is 65.0 Å². The molecule has 0 saturated heterocycles. The summed E-state index contributed by atoms with van der Waals surface area (Å²) in [5.41, 5.74) is 10.1. The lowest BCUT2D eigenvalue weighted by Gasteiger charge is -2.21. The number of fused-ring (bicyclic) bond motifs is 2. The molecule has 65 heavy (non-hydrogen) atoms. The second-order valence-corrected chi connectivity index (χ2v) is 16.4. The Kier molecular flexibility index (Phi) is 19.1. The van der Waals surface area contributed by atoms with Gasteiger partial charge in [-0.1, -0.05) is 55.3 Å². The van der Waals surface area contributed by atoms with Gasteiger partial charge in [0.2, 0.25) is 0 Å². The molecule has 0 heterocycles. The molecule has 2 atom stereocenters. The molecule has 344 valence electrons. The van der Waals surface area contributed by atoms with Gasteiger partial charge in [0.25, 0.3) is 11.8 Å². The highest BCUT2D eigenvalue weighted by Crippen LogP contribution is 2.34. The first-order valence-electron chi connectivity index (χ1n) is 23.2. The minimum Gasteiger partial charge on any atom is -0.478 e. The number of nitrogens with zero attached hydrogens (tertiary/aromatic N) is 2. The summed E-state index contributed by atoms with van der Waals surface area (Å²) in [5, 5.41) is 15.1. The van der Waals surface area contributed by atoms with Crippen LogP contribution in [0.3, 0.4) is 0 Å². The van der Waals surface area contributed by atoms with Gasteiger partial charge in [-0.05, 0) is 160 Å². The molecule has 0 aromatic heterocycles. The van der Waals surface area contributed by atoms with E-state index in [4.69, 9.17) is 5.11 Å². The summed E-state index contributed by atoms with van der Waals surface area (Å²) in [6.07, 6.45) is 14.2. The Bertz CT molecular complexity index is 2290. The van der Waals surface area contributed by atoms with E-state index in [9.17, 15) is 24.0 Å². The number of hydrogen-bond acceptors (Lipinski definition) is 8. The van der Waals surface area contributed by atoms with Crippen molar-refractivity contribution in [2.45, 2.75) is 104 Å². The Balaban J connectivity index is 0.000000253. The molecule has 0 saturated carbocycles. The van der Waals surface area contributed by atoms with E-state index in [0.29, 0.717) is 24.0 Å². The van der Waals surface area contributed by atoms with E-state index in [1.54, 1.807) is 12.2 Å². The molecule has 0 fully saturated rings. The van der Waals surface area contributed by atoms with E-state index in [0.717, 1.165) is 123 Å². The number of unbranched alkanes of at least 4 members (excludes halogenated alkanes) is 3. The zero-order valence-corrected chi connectivity index (χ0v) is 38.7. The minimum absolute atomic E-state index is 0.00352. The molecule has 2 amide bonds. The predicted molar refractivity (Wildman–Crippen MR) is 260 cm³/mol. The maximum atomic E-state index is 12.9. The Morgan fingerprint density at radius 3 is 1.45 bits per heavy atom. The van der Waals surface area contributed by atoms with Crippen LogP contribution in [0, 0.1) is 0 Å². The zero-order chi connectivity index (χ0) is 46.7.